The van der Waals surface area contributed by atoms with E-state index in [-0.39, 0.29) is 12.0 Å². The molecule has 1 fully saturated rings. The van der Waals surface area contributed by atoms with Gasteiger partial charge in [-0.05, 0) is 11.9 Å². The van der Waals surface area contributed by atoms with Gasteiger partial charge in [-0.25, -0.2) is 22.5 Å². The summed E-state index contributed by atoms with van der Waals surface area (Å²) < 4.78 is 51.6. The minimum atomic E-state index is -5.68. The number of hydrogen-bond donors (Lipinski definition) is 6. The fraction of sp³-hybridized carbons (Fsp3) is 0.600. The minimum Gasteiger partial charge on any atom is -0.390 e. The van der Waals surface area contributed by atoms with Crippen molar-refractivity contribution < 1.29 is 56.3 Å². The van der Waals surface area contributed by atoms with E-state index in [2.05, 4.69) is 18.1 Å². The highest BCUT2D eigenvalue weighted by molar-refractivity contribution is 7.97. The lowest BCUT2D eigenvalue weighted by atomic mass is 10.1. The number of aliphatic hydroxyl groups excluding tert-OH is 1. The molecule has 1 aliphatic rings. The van der Waals surface area contributed by atoms with Gasteiger partial charge in [-0.2, -0.15) is 8.62 Å². The van der Waals surface area contributed by atoms with Crippen molar-refractivity contribution >= 4 is 35.4 Å². The molecule has 0 aromatic carbocycles. The van der Waals surface area contributed by atoms with Crippen LogP contribution in [0.2, 0.25) is 0 Å². The Balaban J connectivity index is 2.05. The molecule has 1 saturated heterocycles. The number of rotatable bonds is 9. The van der Waals surface area contributed by atoms with Crippen LogP contribution < -0.4 is 11.2 Å². The lowest BCUT2D eigenvalue weighted by Crippen LogP contribution is -2.30. The summed E-state index contributed by atoms with van der Waals surface area (Å²) in [6, 6.07) is 0. The second kappa shape index (κ2) is 9.46. The molecule has 16 nitrogen and oxygen atoms in total. The Morgan fingerprint density at radius 3 is 2.40 bits per heavy atom. The van der Waals surface area contributed by atoms with Crippen LogP contribution >= 0.6 is 35.4 Å². The van der Waals surface area contributed by atoms with Crippen LogP contribution in [0.15, 0.2) is 15.8 Å². The predicted octanol–water partition coefficient (Wildman–Crippen LogP) is -0.803. The molecule has 6 N–H and O–H groups in total. The summed E-state index contributed by atoms with van der Waals surface area (Å²) in [5.74, 6) is 0. The summed E-state index contributed by atoms with van der Waals surface area (Å²) in [7, 11) is -16.6. The summed E-state index contributed by atoms with van der Waals surface area (Å²) in [6.07, 6.45) is -1.00. The maximum absolute atomic E-state index is 12.0. The van der Waals surface area contributed by atoms with Crippen molar-refractivity contribution in [3.05, 3.63) is 32.6 Å². The zero-order valence-electron chi connectivity index (χ0n) is 14.8. The molecular formula is C10H17N2O14P3S. The quantitative estimate of drug-likeness (QED) is 0.221. The SMILES string of the molecule is CSn1cc([C@H]2CC(O)[C@@H](COP(=O)(O)OP(=O)(O)OP(=O)(O)O)O2)c(=O)[nH]c1=O. The number of aromatic amines is 1. The first-order valence-electron chi connectivity index (χ1n) is 7.65. The minimum absolute atomic E-state index is 0.0103. The van der Waals surface area contributed by atoms with Crippen LogP contribution in [0.5, 0.6) is 0 Å². The molecule has 0 amide bonds. The topological polar surface area (TPSA) is 244 Å². The van der Waals surface area contributed by atoms with Crippen LogP contribution in [0.3, 0.4) is 0 Å². The fourth-order valence-corrected chi connectivity index (χ4v) is 5.84. The monoisotopic (exact) mass is 514 g/mol. The predicted molar refractivity (Wildman–Crippen MR) is 98.3 cm³/mol. The van der Waals surface area contributed by atoms with Crippen molar-refractivity contribution in [2.24, 2.45) is 0 Å². The van der Waals surface area contributed by atoms with Crippen LogP contribution in [0.4, 0.5) is 0 Å². The van der Waals surface area contributed by atoms with Gasteiger partial charge in [0.25, 0.3) is 5.56 Å². The smallest absolute Gasteiger partial charge is 0.390 e. The Bertz CT molecular complexity index is 1030. The molecule has 20 heteroatoms. The molecule has 5 atom stereocenters. The summed E-state index contributed by atoms with van der Waals surface area (Å²) in [5, 5.41) is 10.0. The van der Waals surface area contributed by atoms with Gasteiger partial charge < -0.3 is 29.4 Å². The highest BCUT2D eigenvalue weighted by atomic mass is 32.2. The van der Waals surface area contributed by atoms with Gasteiger partial charge in [-0.3, -0.25) is 14.3 Å². The van der Waals surface area contributed by atoms with Gasteiger partial charge in [0.05, 0.1) is 24.4 Å². The van der Waals surface area contributed by atoms with Crippen LogP contribution in [0.25, 0.3) is 0 Å². The molecule has 0 bridgehead atoms. The third-order valence-electron chi connectivity index (χ3n) is 3.52. The van der Waals surface area contributed by atoms with E-state index in [1.807, 2.05) is 0 Å². The number of nitrogens with one attached hydrogen (secondary N) is 1. The fourth-order valence-electron chi connectivity index (χ4n) is 2.38. The van der Waals surface area contributed by atoms with Crippen LogP contribution in [-0.4, -0.2) is 58.7 Å². The Morgan fingerprint density at radius 2 is 1.83 bits per heavy atom. The Hall–Kier alpha value is -0.640. The molecular weight excluding hydrogens is 497 g/mol. The van der Waals surface area contributed by atoms with E-state index in [1.165, 1.54) is 6.20 Å². The standard InChI is InChI=1S/C10H17N2O14P3S/c1-30-12-3-5(9(14)11-10(12)15)7-2-6(13)8(24-7)4-23-28(19,20)26-29(21,22)25-27(16,17)18/h3,6-8,13H,2,4H2,1H3,(H,19,20)(H,21,22)(H,11,14,15)(H2,16,17,18)/t6?,7-,8-/m1/s1. The lowest BCUT2D eigenvalue weighted by Gasteiger charge is -2.19. The van der Waals surface area contributed by atoms with Gasteiger partial charge in [0, 0.05) is 18.9 Å². The molecule has 2 rings (SSSR count). The summed E-state index contributed by atoms with van der Waals surface area (Å²) in [4.78, 5) is 61.1. The van der Waals surface area contributed by atoms with Crippen molar-refractivity contribution in [1.82, 2.24) is 8.96 Å². The second-order valence-corrected chi connectivity index (χ2v) is 10.9. The molecule has 0 saturated carbocycles. The first-order valence-corrected chi connectivity index (χ1v) is 13.3. The van der Waals surface area contributed by atoms with Crippen molar-refractivity contribution in [3.8, 4) is 0 Å². The van der Waals surface area contributed by atoms with E-state index >= 15 is 0 Å². The highest BCUT2D eigenvalue weighted by Crippen LogP contribution is 2.66. The average Bonchev–Trinajstić information content (AvgIpc) is 2.90. The molecule has 1 aromatic rings. The molecule has 30 heavy (non-hydrogen) atoms. The number of aromatic nitrogens is 2. The third kappa shape index (κ3) is 7.21. The number of aliphatic hydroxyl groups is 1. The normalized spacial score (nSPS) is 26.3. The van der Waals surface area contributed by atoms with Crippen LogP contribution in [-0.2, 0) is 31.6 Å². The number of phosphoric acid groups is 3. The maximum atomic E-state index is 12.0. The molecule has 0 radical (unpaired) electrons. The van der Waals surface area contributed by atoms with Crippen LogP contribution in [0, 0.1) is 0 Å². The molecule has 3 unspecified atom stereocenters. The zero-order chi connectivity index (χ0) is 22.9. The Morgan fingerprint density at radius 1 is 1.20 bits per heavy atom. The molecule has 1 aliphatic heterocycles. The summed E-state index contributed by atoms with van der Waals surface area (Å²) >= 11 is 0.989. The van der Waals surface area contributed by atoms with Gasteiger partial charge in [0.2, 0.25) is 0 Å². The van der Waals surface area contributed by atoms with E-state index in [4.69, 9.17) is 19.4 Å². The highest BCUT2D eigenvalue weighted by Gasteiger charge is 2.43. The lowest BCUT2D eigenvalue weighted by molar-refractivity contribution is -0.0225. The largest absolute Gasteiger partial charge is 0.490 e. The third-order valence-corrected chi connectivity index (χ3v) is 7.99. The first kappa shape index (κ1) is 25.6. The average molecular weight is 514 g/mol. The Labute approximate surface area is 171 Å². The van der Waals surface area contributed by atoms with Crippen molar-refractivity contribution in [3.63, 3.8) is 0 Å². The van der Waals surface area contributed by atoms with E-state index in [1.54, 1.807) is 6.26 Å². The maximum Gasteiger partial charge on any atom is 0.490 e. The second-order valence-electron chi connectivity index (χ2n) is 5.71. The zero-order valence-corrected chi connectivity index (χ0v) is 18.3. The number of H-pyrrole nitrogens is 1. The molecule has 0 aliphatic carbocycles. The van der Waals surface area contributed by atoms with Crippen molar-refractivity contribution in [1.29, 1.82) is 0 Å². The van der Waals surface area contributed by atoms with Crippen LogP contribution in [0.1, 0.15) is 18.1 Å². The Kier molecular flexibility index (Phi) is 8.08. The van der Waals surface area contributed by atoms with Crippen molar-refractivity contribution in [2.45, 2.75) is 24.7 Å². The van der Waals surface area contributed by atoms with Gasteiger partial charge in [0.15, 0.2) is 0 Å². The molecule has 172 valence electrons. The van der Waals surface area contributed by atoms with Gasteiger partial charge in [-0.15, -0.1) is 0 Å². The van der Waals surface area contributed by atoms with E-state index in [0.29, 0.717) is 0 Å². The number of ether oxygens (including phenoxy) is 1. The number of phosphoric ester groups is 1. The molecule has 0 spiro atoms. The molecule has 1 aromatic heterocycles. The van der Waals surface area contributed by atoms with E-state index in [0.717, 1.165) is 15.9 Å². The summed E-state index contributed by atoms with van der Waals surface area (Å²) in [5.41, 5.74) is -1.46. The first-order chi connectivity index (χ1) is 13.6. The number of hydrogen-bond acceptors (Lipinski definition) is 11. The van der Waals surface area contributed by atoms with E-state index < -0.39 is 59.6 Å². The van der Waals surface area contributed by atoms with Crippen molar-refractivity contribution in [2.75, 3.05) is 12.9 Å². The number of nitrogens with zero attached hydrogens (tertiary/aromatic N) is 1. The summed E-state index contributed by atoms with van der Waals surface area (Å²) in [6.45, 7) is -0.874. The molecule has 2 heterocycles. The van der Waals surface area contributed by atoms with Gasteiger partial charge >= 0.3 is 29.2 Å². The van der Waals surface area contributed by atoms with Gasteiger partial charge in [0.1, 0.15) is 6.10 Å². The van der Waals surface area contributed by atoms with E-state index in [9.17, 15) is 33.3 Å². The van der Waals surface area contributed by atoms with Gasteiger partial charge in [-0.1, -0.05) is 0 Å².